The first-order valence-electron chi connectivity index (χ1n) is 4.64. The molecule has 1 atom stereocenters. The SMILES string of the molecule is CCn1nccc1C(O)C(C)(C)C#N. The Hall–Kier alpha value is -1.34. The Bertz CT molecular complexity index is 348. The molecule has 0 aromatic carbocycles. The summed E-state index contributed by atoms with van der Waals surface area (Å²) in [4.78, 5) is 0. The van der Waals surface area contributed by atoms with Crippen LogP contribution in [0.25, 0.3) is 0 Å². The molecule has 0 aliphatic carbocycles. The van der Waals surface area contributed by atoms with Crippen LogP contribution in [0.3, 0.4) is 0 Å². The topological polar surface area (TPSA) is 61.8 Å². The monoisotopic (exact) mass is 193 g/mol. The molecule has 14 heavy (non-hydrogen) atoms. The van der Waals surface area contributed by atoms with Crippen LogP contribution in [-0.4, -0.2) is 14.9 Å². The van der Waals surface area contributed by atoms with E-state index in [0.29, 0.717) is 12.2 Å². The number of aliphatic hydroxyl groups excluding tert-OH is 1. The van der Waals surface area contributed by atoms with Crippen molar-refractivity contribution < 1.29 is 5.11 Å². The van der Waals surface area contributed by atoms with Crippen LogP contribution in [-0.2, 0) is 6.54 Å². The second-order valence-corrected chi connectivity index (χ2v) is 3.81. The van der Waals surface area contributed by atoms with Crippen molar-refractivity contribution in [2.45, 2.75) is 33.4 Å². The lowest BCUT2D eigenvalue weighted by molar-refractivity contribution is 0.0781. The van der Waals surface area contributed by atoms with Gasteiger partial charge in [0.25, 0.3) is 0 Å². The van der Waals surface area contributed by atoms with Crippen molar-refractivity contribution >= 4 is 0 Å². The fourth-order valence-electron chi connectivity index (χ4n) is 1.27. The Kier molecular flexibility index (Phi) is 2.92. The van der Waals surface area contributed by atoms with E-state index in [-0.39, 0.29) is 0 Å². The summed E-state index contributed by atoms with van der Waals surface area (Å²) in [5, 5.41) is 22.9. The van der Waals surface area contributed by atoms with Crippen LogP contribution < -0.4 is 0 Å². The third kappa shape index (κ3) is 1.78. The van der Waals surface area contributed by atoms with Crippen LogP contribution >= 0.6 is 0 Å². The first-order valence-corrected chi connectivity index (χ1v) is 4.64. The molecular formula is C10H15N3O. The molecule has 0 bridgehead atoms. The molecule has 4 heteroatoms. The van der Waals surface area contributed by atoms with Gasteiger partial charge in [-0.15, -0.1) is 0 Å². The second-order valence-electron chi connectivity index (χ2n) is 3.81. The van der Waals surface area contributed by atoms with Crippen molar-refractivity contribution in [3.8, 4) is 6.07 Å². The summed E-state index contributed by atoms with van der Waals surface area (Å²) < 4.78 is 1.70. The van der Waals surface area contributed by atoms with Gasteiger partial charge in [0.1, 0.15) is 6.10 Å². The maximum absolute atomic E-state index is 9.97. The van der Waals surface area contributed by atoms with Crippen molar-refractivity contribution in [2.24, 2.45) is 5.41 Å². The van der Waals surface area contributed by atoms with Crippen molar-refractivity contribution in [3.05, 3.63) is 18.0 Å². The summed E-state index contributed by atoms with van der Waals surface area (Å²) in [6, 6.07) is 3.83. The lowest BCUT2D eigenvalue weighted by Crippen LogP contribution is -2.22. The summed E-state index contributed by atoms with van der Waals surface area (Å²) in [6.45, 7) is 6.07. The molecule has 76 valence electrons. The van der Waals surface area contributed by atoms with Gasteiger partial charge in [-0.2, -0.15) is 10.4 Å². The zero-order chi connectivity index (χ0) is 10.8. The van der Waals surface area contributed by atoms with Crippen LogP contribution in [0, 0.1) is 16.7 Å². The summed E-state index contributed by atoms with van der Waals surface area (Å²) in [7, 11) is 0. The van der Waals surface area contributed by atoms with Gasteiger partial charge in [0, 0.05) is 12.7 Å². The molecule has 1 N–H and O–H groups in total. The number of nitriles is 1. The van der Waals surface area contributed by atoms with Crippen molar-refractivity contribution in [2.75, 3.05) is 0 Å². The van der Waals surface area contributed by atoms with Gasteiger partial charge in [-0.3, -0.25) is 4.68 Å². The van der Waals surface area contributed by atoms with E-state index in [9.17, 15) is 5.11 Å². The predicted molar refractivity (Wildman–Crippen MR) is 52.3 cm³/mol. The van der Waals surface area contributed by atoms with Gasteiger partial charge in [-0.25, -0.2) is 0 Å². The highest BCUT2D eigenvalue weighted by Gasteiger charge is 2.31. The summed E-state index contributed by atoms with van der Waals surface area (Å²) >= 11 is 0. The normalized spacial score (nSPS) is 13.6. The van der Waals surface area contributed by atoms with Gasteiger partial charge >= 0.3 is 0 Å². The fourth-order valence-corrected chi connectivity index (χ4v) is 1.27. The molecule has 0 saturated carbocycles. The zero-order valence-corrected chi connectivity index (χ0v) is 8.73. The summed E-state index contributed by atoms with van der Waals surface area (Å²) in [6.07, 6.45) is 0.838. The van der Waals surface area contributed by atoms with Gasteiger partial charge < -0.3 is 5.11 Å². The standard InChI is InChI=1S/C10H15N3O/c1-4-13-8(5-6-12-13)9(14)10(2,3)7-11/h5-6,9,14H,4H2,1-3H3. The number of aryl methyl sites for hydroxylation is 1. The Morgan fingerprint density at radius 1 is 1.71 bits per heavy atom. The maximum atomic E-state index is 9.97. The van der Waals surface area contributed by atoms with Gasteiger partial charge in [-0.05, 0) is 26.8 Å². The molecule has 0 fully saturated rings. The highest BCUT2D eigenvalue weighted by molar-refractivity contribution is 5.12. The van der Waals surface area contributed by atoms with E-state index >= 15 is 0 Å². The molecule has 0 radical (unpaired) electrons. The van der Waals surface area contributed by atoms with Crippen LogP contribution in [0.15, 0.2) is 12.3 Å². The number of rotatable bonds is 3. The van der Waals surface area contributed by atoms with E-state index in [1.807, 2.05) is 6.92 Å². The number of aliphatic hydroxyl groups is 1. The van der Waals surface area contributed by atoms with Gasteiger partial charge in [0.05, 0.1) is 17.2 Å². The van der Waals surface area contributed by atoms with Crippen molar-refractivity contribution in [1.29, 1.82) is 5.26 Å². The Labute approximate surface area is 83.8 Å². The minimum Gasteiger partial charge on any atom is -0.385 e. The molecule has 0 saturated heterocycles. The minimum absolute atomic E-state index is 0.694. The van der Waals surface area contributed by atoms with Crippen molar-refractivity contribution in [1.82, 2.24) is 9.78 Å². The van der Waals surface area contributed by atoms with Crippen LogP contribution in [0.4, 0.5) is 0 Å². The molecule has 1 unspecified atom stereocenters. The Morgan fingerprint density at radius 3 is 2.86 bits per heavy atom. The number of nitrogens with zero attached hydrogens (tertiary/aromatic N) is 3. The minimum atomic E-state index is -0.796. The largest absolute Gasteiger partial charge is 0.385 e. The molecule has 1 aromatic rings. The lowest BCUT2D eigenvalue weighted by Gasteiger charge is -2.23. The summed E-state index contributed by atoms with van der Waals surface area (Å²) in [5.41, 5.74) is -0.0912. The van der Waals surface area contributed by atoms with E-state index in [0.717, 1.165) is 0 Å². The number of hydrogen-bond acceptors (Lipinski definition) is 3. The fraction of sp³-hybridized carbons (Fsp3) is 0.600. The maximum Gasteiger partial charge on any atom is 0.114 e. The molecule has 0 amide bonds. The first kappa shape index (κ1) is 10.7. The quantitative estimate of drug-likeness (QED) is 0.791. The molecule has 0 aliphatic rings. The van der Waals surface area contributed by atoms with Gasteiger partial charge in [-0.1, -0.05) is 0 Å². The Morgan fingerprint density at radius 2 is 2.36 bits per heavy atom. The van der Waals surface area contributed by atoms with Gasteiger partial charge in [0.2, 0.25) is 0 Å². The van der Waals surface area contributed by atoms with E-state index in [1.165, 1.54) is 0 Å². The third-order valence-electron chi connectivity index (χ3n) is 2.30. The molecule has 1 aromatic heterocycles. The van der Waals surface area contributed by atoms with E-state index in [1.54, 1.807) is 30.8 Å². The number of aromatic nitrogens is 2. The predicted octanol–water partition coefficient (Wildman–Crippen LogP) is 1.49. The number of hydrogen-bond donors (Lipinski definition) is 1. The lowest BCUT2D eigenvalue weighted by atomic mass is 9.86. The summed E-state index contributed by atoms with van der Waals surface area (Å²) in [5.74, 6) is 0. The van der Waals surface area contributed by atoms with Crippen LogP contribution in [0.5, 0.6) is 0 Å². The Balaban J connectivity index is 3.01. The smallest absolute Gasteiger partial charge is 0.114 e. The highest BCUT2D eigenvalue weighted by Crippen LogP contribution is 2.31. The van der Waals surface area contributed by atoms with E-state index in [2.05, 4.69) is 11.2 Å². The average Bonchev–Trinajstić information content (AvgIpc) is 2.64. The van der Waals surface area contributed by atoms with E-state index < -0.39 is 11.5 Å². The van der Waals surface area contributed by atoms with Gasteiger partial charge in [0.15, 0.2) is 0 Å². The molecule has 0 spiro atoms. The highest BCUT2D eigenvalue weighted by atomic mass is 16.3. The molecule has 1 heterocycles. The average molecular weight is 193 g/mol. The van der Waals surface area contributed by atoms with Crippen molar-refractivity contribution in [3.63, 3.8) is 0 Å². The van der Waals surface area contributed by atoms with Crippen LogP contribution in [0.2, 0.25) is 0 Å². The molecule has 1 rings (SSSR count). The molecule has 4 nitrogen and oxygen atoms in total. The van der Waals surface area contributed by atoms with E-state index in [4.69, 9.17) is 5.26 Å². The first-order chi connectivity index (χ1) is 6.53. The second kappa shape index (κ2) is 3.81. The zero-order valence-electron chi connectivity index (χ0n) is 8.73. The van der Waals surface area contributed by atoms with Crippen LogP contribution in [0.1, 0.15) is 32.6 Å². The molecule has 0 aliphatic heterocycles. The molecular weight excluding hydrogens is 178 g/mol. The third-order valence-corrected chi connectivity index (χ3v) is 2.30.